The van der Waals surface area contributed by atoms with E-state index in [1.165, 1.54) is 0 Å². The van der Waals surface area contributed by atoms with Gasteiger partial charge >= 0.3 is 0 Å². The summed E-state index contributed by atoms with van der Waals surface area (Å²) in [7, 11) is 0. The Bertz CT molecular complexity index is 819. The van der Waals surface area contributed by atoms with Crippen molar-refractivity contribution in [2.75, 3.05) is 26.2 Å². The Kier molecular flexibility index (Phi) is 5.15. The molecule has 2 atom stereocenters. The third-order valence-electron chi connectivity index (χ3n) is 5.84. The molecule has 2 aromatic rings. The lowest BCUT2D eigenvalue weighted by molar-refractivity contribution is -0.0856. The first-order valence-electron chi connectivity index (χ1n) is 10.1. The number of morpholine rings is 1. The smallest absolute Gasteiger partial charge is 0.254 e. The summed E-state index contributed by atoms with van der Waals surface area (Å²) < 4.78 is 5.86. The Morgan fingerprint density at radius 1 is 1.11 bits per heavy atom. The molecule has 27 heavy (non-hydrogen) atoms. The lowest BCUT2D eigenvalue weighted by Crippen LogP contribution is -2.53. The normalized spacial score (nSPS) is 25.1. The second-order valence-electron chi connectivity index (χ2n) is 8.11. The van der Waals surface area contributed by atoms with E-state index in [-0.39, 0.29) is 5.91 Å². The Balaban J connectivity index is 1.46. The number of amides is 1. The van der Waals surface area contributed by atoms with Gasteiger partial charge in [0.1, 0.15) is 0 Å². The molecule has 0 spiro atoms. The van der Waals surface area contributed by atoms with Crippen LogP contribution in [0.3, 0.4) is 0 Å². The second-order valence-corrected chi connectivity index (χ2v) is 8.11. The van der Waals surface area contributed by atoms with Gasteiger partial charge in [0.2, 0.25) is 0 Å². The molecule has 2 aliphatic rings. The van der Waals surface area contributed by atoms with Crippen molar-refractivity contribution in [3.63, 3.8) is 0 Å². The molecule has 3 heterocycles. The second kappa shape index (κ2) is 7.56. The zero-order valence-electron chi connectivity index (χ0n) is 16.5. The Labute approximate surface area is 161 Å². The van der Waals surface area contributed by atoms with Crippen molar-refractivity contribution < 1.29 is 9.53 Å². The van der Waals surface area contributed by atoms with Crippen LogP contribution >= 0.6 is 0 Å². The maximum atomic E-state index is 13.2. The van der Waals surface area contributed by atoms with Crippen molar-refractivity contribution in [2.45, 2.75) is 51.9 Å². The van der Waals surface area contributed by atoms with Crippen LogP contribution in [0.25, 0.3) is 10.9 Å². The van der Waals surface area contributed by atoms with E-state index < -0.39 is 0 Å². The topological polar surface area (TPSA) is 45.7 Å². The summed E-state index contributed by atoms with van der Waals surface area (Å²) >= 11 is 0. The van der Waals surface area contributed by atoms with Crippen LogP contribution in [-0.4, -0.2) is 65.1 Å². The third-order valence-corrected chi connectivity index (χ3v) is 5.84. The monoisotopic (exact) mass is 367 g/mol. The molecule has 2 saturated heterocycles. The standard InChI is InChI=1S/C22H29N3O2/c1-15-4-5-21-20(12-15)19(6-9-23-21)22(26)24-10-7-18(8-11-24)25-13-16(2)27-17(3)14-25/h4-6,9,12,16-18H,7-8,10-11,13-14H2,1-3H3/t16-,17+. The molecule has 2 aliphatic heterocycles. The highest BCUT2D eigenvalue weighted by atomic mass is 16.5. The molecule has 5 nitrogen and oxygen atoms in total. The van der Waals surface area contributed by atoms with Crippen LogP contribution in [0.4, 0.5) is 0 Å². The number of carbonyl (C=O) groups excluding carboxylic acids is 1. The quantitative estimate of drug-likeness (QED) is 0.817. The molecular weight excluding hydrogens is 338 g/mol. The molecule has 0 aliphatic carbocycles. The molecule has 144 valence electrons. The number of fused-ring (bicyclic) bond motifs is 1. The van der Waals surface area contributed by atoms with E-state index in [4.69, 9.17) is 4.74 Å². The van der Waals surface area contributed by atoms with Crippen molar-refractivity contribution in [2.24, 2.45) is 0 Å². The lowest BCUT2D eigenvalue weighted by atomic mass is 9.99. The van der Waals surface area contributed by atoms with Crippen molar-refractivity contribution in [3.05, 3.63) is 41.6 Å². The highest BCUT2D eigenvalue weighted by molar-refractivity contribution is 6.06. The number of carbonyl (C=O) groups is 1. The number of likely N-dealkylation sites (tertiary alicyclic amines) is 1. The molecule has 1 aromatic carbocycles. The number of hydrogen-bond donors (Lipinski definition) is 0. The van der Waals surface area contributed by atoms with E-state index >= 15 is 0 Å². The number of ether oxygens (including phenoxy) is 1. The van der Waals surface area contributed by atoms with Gasteiger partial charge in [-0.15, -0.1) is 0 Å². The number of hydrogen-bond acceptors (Lipinski definition) is 4. The van der Waals surface area contributed by atoms with Gasteiger partial charge in [0, 0.05) is 43.8 Å². The van der Waals surface area contributed by atoms with Crippen molar-refractivity contribution >= 4 is 16.8 Å². The summed E-state index contributed by atoms with van der Waals surface area (Å²) in [6.45, 7) is 9.99. The molecule has 0 N–H and O–H groups in total. The van der Waals surface area contributed by atoms with Gasteiger partial charge in [-0.25, -0.2) is 0 Å². The van der Waals surface area contributed by atoms with Gasteiger partial charge in [-0.1, -0.05) is 11.6 Å². The number of piperidine rings is 1. The van der Waals surface area contributed by atoms with Crippen LogP contribution in [0.1, 0.15) is 42.6 Å². The van der Waals surface area contributed by atoms with Crippen LogP contribution < -0.4 is 0 Å². The van der Waals surface area contributed by atoms with Gasteiger partial charge in [-0.2, -0.15) is 0 Å². The van der Waals surface area contributed by atoms with E-state index in [0.717, 1.165) is 61.1 Å². The van der Waals surface area contributed by atoms with Crippen LogP contribution in [0.15, 0.2) is 30.5 Å². The molecule has 4 rings (SSSR count). The SMILES string of the molecule is Cc1ccc2nccc(C(=O)N3CCC(N4C[C@@H](C)O[C@@H](C)C4)CC3)c2c1. The molecule has 2 fully saturated rings. The number of nitrogens with zero attached hydrogens (tertiary/aromatic N) is 3. The number of benzene rings is 1. The number of aromatic nitrogens is 1. The number of pyridine rings is 1. The van der Waals surface area contributed by atoms with Gasteiger partial charge in [-0.3, -0.25) is 14.7 Å². The van der Waals surface area contributed by atoms with Crippen LogP contribution in [0.5, 0.6) is 0 Å². The van der Waals surface area contributed by atoms with E-state index in [1.807, 2.05) is 23.1 Å². The Hall–Kier alpha value is -1.98. The zero-order valence-corrected chi connectivity index (χ0v) is 16.5. The molecule has 1 amide bonds. The van der Waals surface area contributed by atoms with Crippen molar-refractivity contribution in [1.82, 2.24) is 14.8 Å². The molecule has 0 bridgehead atoms. The highest BCUT2D eigenvalue weighted by Gasteiger charge is 2.32. The van der Waals surface area contributed by atoms with Gasteiger partial charge in [0.25, 0.3) is 5.91 Å². The van der Waals surface area contributed by atoms with E-state index in [2.05, 4.69) is 36.7 Å². The fraction of sp³-hybridized carbons (Fsp3) is 0.545. The molecule has 0 unspecified atom stereocenters. The maximum Gasteiger partial charge on any atom is 0.254 e. The fourth-order valence-electron chi connectivity index (χ4n) is 4.57. The lowest BCUT2D eigenvalue weighted by Gasteiger charge is -2.43. The van der Waals surface area contributed by atoms with E-state index in [9.17, 15) is 4.79 Å². The highest BCUT2D eigenvalue weighted by Crippen LogP contribution is 2.24. The summed E-state index contributed by atoms with van der Waals surface area (Å²) in [6.07, 6.45) is 4.40. The van der Waals surface area contributed by atoms with E-state index in [0.29, 0.717) is 18.2 Å². The molecule has 5 heteroatoms. The molecular formula is C22H29N3O2. The minimum absolute atomic E-state index is 0.134. The Morgan fingerprint density at radius 2 is 1.81 bits per heavy atom. The first-order valence-corrected chi connectivity index (χ1v) is 10.1. The first-order chi connectivity index (χ1) is 13.0. The summed E-state index contributed by atoms with van der Waals surface area (Å²) in [6, 6.07) is 8.52. The van der Waals surface area contributed by atoms with Crippen LogP contribution in [0.2, 0.25) is 0 Å². The van der Waals surface area contributed by atoms with Gasteiger partial charge < -0.3 is 9.64 Å². The fourth-order valence-corrected chi connectivity index (χ4v) is 4.57. The molecule has 0 radical (unpaired) electrons. The summed E-state index contributed by atoms with van der Waals surface area (Å²) in [5, 5.41) is 0.959. The van der Waals surface area contributed by atoms with Gasteiger partial charge in [-0.05, 0) is 51.8 Å². The predicted molar refractivity (Wildman–Crippen MR) is 107 cm³/mol. The summed E-state index contributed by atoms with van der Waals surface area (Å²) in [4.78, 5) is 22.2. The van der Waals surface area contributed by atoms with Crippen molar-refractivity contribution in [1.29, 1.82) is 0 Å². The van der Waals surface area contributed by atoms with Gasteiger partial charge in [0.05, 0.1) is 23.3 Å². The van der Waals surface area contributed by atoms with Crippen LogP contribution in [0, 0.1) is 6.92 Å². The maximum absolute atomic E-state index is 13.2. The Morgan fingerprint density at radius 3 is 2.52 bits per heavy atom. The van der Waals surface area contributed by atoms with Gasteiger partial charge in [0.15, 0.2) is 0 Å². The minimum Gasteiger partial charge on any atom is -0.373 e. The minimum atomic E-state index is 0.134. The largest absolute Gasteiger partial charge is 0.373 e. The average Bonchev–Trinajstić information content (AvgIpc) is 2.66. The average molecular weight is 367 g/mol. The molecule has 0 saturated carbocycles. The molecule has 1 aromatic heterocycles. The number of aryl methyl sites for hydroxylation is 1. The first kappa shape index (κ1) is 18.4. The summed E-state index contributed by atoms with van der Waals surface area (Å²) in [5.41, 5.74) is 2.81. The number of rotatable bonds is 2. The van der Waals surface area contributed by atoms with Crippen molar-refractivity contribution in [3.8, 4) is 0 Å². The zero-order chi connectivity index (χ0) is 19.0. The van der Waals surface area contributed by atoms with E-state index in [1.54, 1.807) is 6.20 Å². The summed E-state index contributed by atoms with van der Waals surface area (Å²) in [5.74, 6) is 0.134. The third kappa shape index (κ3) is 3.85. The predicted octanol–water partition coefficient (Wildman–Crippen LogP) is 3.26. The van der Waals surface area contributed by atoms with Crippen LogP contribution in [-0.2, 0) is 4.74 Å².